The van der Waals surface area contributed by atoms with E-state index in [0.717, 1.165) is 19.4 Å². The second-order valence-corrected chi connectivity index (χ2v) is 8.03. The molecule has 0 aliphatic carbocycles. The quantitative estimate of drug-likeness (QED) is 0.784. The van der Waals surface area contributed by atoms with Crippen LogP contribution in [0, 0.1) is 6.92 Å². The number of unbranched alkanes of at least 4 members (excludes halogenated alkanes) is 1. The zero-order valence-electron chi connectivity index (χ0n) is 14.6. The molecule has 0 unspecified atom stereocenters. The van der Waals surface area contributed by atoms with Crippen molar-refractivity contribution in [2.75, 3.05) is 39.5 Å². The highest BCUT2D eigenvalue weighted by molar-refractivity contribution is 7.89. The number of amides is 1. The molecule has 0 fully saturated rings. The van der Waals surface area contributed by atoms with Crippen LogP contribution in [0.5, 0.6) is 0 Å². The molecule has 1 aromatic carbocycles. The standard InChI is InChI=1S/C16H27N3O3S/c1-6-7-10-19(5)12-16(20)17-14-9-8-13(2)15(11-14)23(21,22)18(3)4/h8-9,11H,6-7,10,12H2,1-5H3,(H,17,20). The highest BCUT2D eigenvalue weighted by atomic mass is 32.2. The number of likely N-dealkylation sites (N-methyl/N-ethyl adjacent to an activating group) is 1. The van der Waals surface area contributed by atoms with Gasteiger partial charge < -0.3 is 5.32 Å². The number of nitrogens with zero attached hydrogens (tertiary/aromatic N) is 2. The summed E-state index contributed by atoms with van der Waals surface area (Å²) < 4.78 is 25.7. The van der Waals surface area contributed by atoms with Gasteiger partial charge in [0.05, 0.1) is 11.4 Å². The maximum atomic E-state index is 12.3. The first kappa shape index (κ1) is 19.6. The Morgan fingerprint density at radius 1 is 1.22 bits per heavy atom. The van der Waals surface area contributed by atoms with Crippen molar-refractivity contribution in [3.63, 3.8) is 0 Å². The van der Waals surface area contributed by atoms with Gasteiger partial charge >= 0.3 is 0 Å². The predicted molar refractivity (Wildman–Crippen MR) is 93.1 cm³/mol. The van der Waals surface area contributed by atoms with Crippen molar-refractivity contribution in [3.8, 4) is 0 Å². The van der Waals surface area contributed by atoms with E-state index in [1.807, 2.05) is 11.9 Å². The largest absolute Gasteiger partial charge is 0.325 e. The zero-order valence-corrected chi connectivity index (χ0v) is 15.4. The Balaban J connectivity index is 2.85. The molecule has 23 heavy (non-hydrogen) atoms. The van der Waals surface area contributed by atoms with Gasteiger partial charge in [-0.15, -0.1) is 0 Å². The van der Waals surface area contributed by atoms with Crippen molar-refractivity contribution in [2.24, 2.45) is 0 Å². The SMILES string of the molecule is CCCCN(C)CC(=O)Nc1ccc(C)c(S(=O)(=O)N(C)C)c1. The second kappa shape index (κ2) is 8.42. The normalized spacial score (nSPS) is 12.0. The van der Waals surface area contributed by atoms with Gasteiger partial charge in [0.1, 0.15) is 0 Å². The first-order chi connectivity index (χ1) is 10.7. The molecule has 130 valence electrons. The lowest BCUT2D eigenvalue weighted by molar-refractivity contribution is -0.117. The van der Waals surface area contributed by atoms with Crippen molar-refractivity contribution in [2.45, 2.75) is 31.6 Å². The number of carbonyl (C=O) groups excluding carboxylic acids is 1. The Hall–Kier alpha value is -1.44. The van der Waals surface area contributed by atoms with E-state index in [-0.39, 0.29) is 17.3 Å². The molecule has 7 heteroatoms. The molecule has 0 aromatic heterocycles. The number of benzene rings is 1. The summed E-state index contributed by atoms with van der Waals surface area (Å²) in [5.41, 5.74) is 1.14. The van der Waals surface area contributed by atoms with E-state index in [4.69, 9.17) is 0 Å². The Morgan fingerprint density at radius 2 is 1.87 bits per heavy atom. The minimum atomic E-state index is -3.53. The van der Waals surface area contributed by atoms with Crippen LogP contribution in [0.15, 0.2) is 23.1 Å². The number of aryl methyl sites for hydroxylation is 1. The van der Waals surface area contributed by atoms with E-state index in [1.165, 1.54) is 24.5 Å². The lowest BCUT2D eigenvalue weighted by atomic mass is 10.2. The van der Waals surface area contributed by atoms with Crippen LogP contribution < -0.4 is 5.32 Å². The highest BCUT2D eigenvalue weighted by Crippen LogP contribution is 2.22. The van der Waals surface area contributed by atoms with Crippen molar-refractivity contribution >= 4 is 21.6 Å². The van der Waals surface area contributed by atoms with Gasteiger partial charge in [0.15, 0.2) is 0 Å². The number of sulfonamides is 1. The molecular weight excluding hydrogens is 314 g/mol. The molecule has 0 saturated heterocycles. The van der Waals surface area contributed by atoms with E-state index in [9.17, 15) is 13.2 Å². The molecule has 0 heterocycles. The minimum Gasteiger partial charge on any atom is -0.325 e. The Morgan fingerprint density at radius 3 is 2.43 bits per heavy atom. The fourth-order valence-electron chi connectivity index (χ4n) is 2.11. The average molecular weight is 341 g/mol. The van der Waals surface area contributed by atoms with Crippen molar-refractivity contribution in [1.29, 1.82) is 0 Å². The summed E-state index contributed by atoms with van der Waals surface area (Å²) in [6.45, 7) is 4.98. The maximum absolute atomic E-state index is 12.3. The summed E-state index contributed by atoms with van der Waals surface area (Å²) >= 11 is 0. The fourth-order valence-corrected chi connectivity index (χ4v) is 3.25. The summed E-state index contributed by atoms with van der Waals surface area (Å²) in [4.78, 5) is 14.2. The van der Waals surface area contributed by atoms with Crippen LogP contribution in [0.25, 0.3) is 0 Å². The van der Waals surface area contributed by atoms with Crippen LogP contribution in [0.1, 0.15) is 25.3 Å². The molecule has 1 amide bonds. The lowest BCUT2D eigenvalue weighted by Crippen LogP contribution is -2.31. The number of nitrogens with one attached hydrogen (secondary N) is 1. The molecule has 0 bridgehead atoms. The molecule has 0 aliphatic rings. The molecule has 1 aromatic rings. The molecule has 0 atom stereocenters. The molecule has 1 rings (SSSR count). The van der Waals surface area contributed by atoms with Gasteiger partial charge in [-0.2, -0.15) is 0 Å². The van der Waals surface area contributed by atoms with E-state index < -0.39 is 10.0 Å². The fraction of sp³-hybridized carbons (Fsp3) is 0.562. The molecular formula is C16H27N3O3S. The highest BCUT2D eigenvalue weighted by Gasteiger charge is 2.20. The first-order valence-electron chi connectivity index (χ1n) is 7.70. The molecule has 0 radical (unpaired) electrons. The van der Waals surface area contributed by atoms with Crippen molar-refractivity contribution in [3.05, 3.63) is 23.8 Å². The van der Waals surface area contributed by atoms with Crippen LogP contribution >= 0.6 is 0 Å². The topological polar surface area (TPSA) is 69.7 Å². The number of rotatable bonds is 8. The van der Waals surface area contributed by atoms with Crippen LogP contribution in [0.2, 0.25) is 0 Å². The summed E-state index contributed by atoms with van der Waals surface area (Å²) in [6.07, 6.45) is 2.12. The van der Waals surface area contributed by atoms with Crippen LogP contribution in [0.3, 0.4) is 0 Å². The Bertz CT molecular complexity index is 642. The van der Waals surface area contributed by atoms with Crippen LogP contribution in [-0.4, -0.2) is 57.8 Å². The predicted octanol–water partition coefficient (Wildman–Crippen LogP) is 1.92. The van der Waals surface area contributed by atoms with Crippen molar-refractivity contribution < 1.29 is 13.2 Å². The average Bonchev–Trinajstić information content (AvgIpc) is 2.46. The zero-order chi connectivity index (χ0) is 17.6. The molecule has 0 spiro atoms. The van der Waals surface area contributed by atoms with Gasteiger partial charge in [-0.05, 0) is 44.6 Å². The van der Waals surface area contributed by atoms with E-state index in [2.05, 4.69) is 12.2 Å². The number of anilines is 1. The third-order valence-electron chi connectivity index (χ3n) is 3.54. The van der Waals surface area contributed by atoms with Gasteiger partial charge in [-0.3, -0.25) is 9.69 Å². The Kier molecular flexibility index (Phi) is 7.18. The second-order valence-electron chi connectivity index (χ2n) is 5.91. The number of carbonyl (C=O) groups is 1. The molecule has 0 aliphatic heterocycles. The summed E-state index contributed by atoms with van der Waals surface area (Å²) in [6, 6.07) is 4.93. The van der Waals surface area contributed by atoms with E-state index in [1.54, 1.807) is 19.1 Å². The third-order valence-corrected chi connectivity index (χ3v) is 5.49. The van der Waals surface area contributed by atoms with Gasteiger partial charge in [0.25, 0.3) is 0 Å². The third kappa shape index (κ3) is 5.60. The lowest BCUT2D eigenvalue weighted by Gasteiger charge is -2.17. The van der Waals surface area contributed by atoms with Crippen molar-refractivity contribution in [1.82, 2.24) is 9.21 Å². The number of hydrogen-bond acceptors (Lipinski definition) is 4. The summed E-state index contributed by atoms with van der Waals surface area (Å²) in [7, 11) is 1.34. The Labute approximate surface area is 139 Å². The minimum absolute atomic E-state index is 0.152. The smallest absolute Gasteiger partial charge is 0.242 e. The van der Waals surface area contributed by atoms with E-state index >= 15 is 0 Å². The molecule has 6 nitrogen and oxygen atoms in total. The molecule has 0 saturated carbocycles. The van der Waals surface area contributed by atoms with Gasteiger partial charge in [0.2, 0.25) is 15.9 Å². The first-order valence-corrected chi connectivity index (χ1v) is 9.14. The number of hydrogen-bond donors (Lipinski definition) is 1. The van der Waals surface area contributed by atoms with Gasteiger partial charge in [-0.25, -0.2) is 12.7 Å². The molecule has 1 N–H and O–H groups in total. The summed E-state index contributed by atoms with van der Waals surface area (Å²) in [5.74, 6) is -0.152. The summed E-state index contributed by atoms with van der Waals surface area (Å²) in [5, 5.41) is 2.76. The monoisotopic (exact) mass is 341 g/mol. The van der Waals surface area contributed by atoms with E-state index in [0.29, 0.717) is 11.3 Å². The van der Waals surface area contributed by atoms with Gasteiger partial charge in [0, 0.05) is 19.8 Å². The maximum Gasteiger partial charge on any atom is 0.242 e. The van der Waals surface area contributed by atoms with Crippen LogP contribution in [-0.2, 0) is 14.8 Å². The van der Waals surface area contributed by atoms with Gasteiger partial charge in [-0.1, -0.05) is 19.4 Å². The van der Waals surface area contributed by atoms with Crippen LogP contribution in [0.4, 0.5) is 5.69 Å².